The van der Waals surface area contributed by atoms with Gasteiger partial charge in [0.05, 0.1) is 24.7 Å². The van der Waals surface area contributed by atoms with E-state index >= 15 is 0 Å². The van der Waals surface area contributed by atoms with E-state index in [2.05, 4.69) is 5.32 Å². The van der Waals surface area contributed by atoms with Crippen LogP contribution in [0, 0.1) is 0 Å². The van der Waals surface area contributed by atoms with Crippen LogP contribution in [0.15, 0.2) is 36.4 Å². The Bertz CT molecular complexity index is 991. The number of carbonyl (C=O) groups excluding carboxylic acids is 3. The van der Waals surface area contributed by atoms with Gasteiger partial charge in [-0.15, -0.1) is 0 Å². The molecule has 150 valence electrons. The maximum Gasteiger partial charge on any atom is 0.261 e. The Hall–Kier alpha value is -3.06. The van der Waals surface area contributed by atoms with E-state index in [-0.39, 0.29) is 25.4 Å². The summed E-state index contributed by atoms with van der Waals surface area (Å²) in [4.78, 5) is 38.2. The summed E-state index contributed by atoms with van der Waals surface area (Å²) < 4.78 is 11.2. The number of carbonyl (C=O) groups is 3. The highest BCUT2D eigenvalue weighted by Crippen LogP contribution is 2.37. The maximum atomic E-state index is 12.6. The van der Waals surface area contributed by atoms with Crippen molar-refractivity contribution in [2.45, 2.75) is 19.4 Å². The van der Waals surface area contributed by atoms with Crippen LogP contribution in [0.4, 0.5) is 0 Å². The molecule has 7 nitrogen and oxygen atoms in total. The fourth-order valence-corrected chi connectivity index (χ4v) is 3.63. The van der Waals surface area contributed by atoms with Crippen molar-refractivity contribution in [1.29, 1.82) is 0 Å². The van der Waals surface area contributed by atoms with Crippen molar-refractivity contribution in [2.75, 3.05) is 19.8 Å². The molecular weight excluding hydrogens is 396 g/mol. The molecule has 0 aromatic heterocycles. The molecule has 2 heterocycles. The van der Waals surface area contributed by atoms with Gasteiger partial charge in [-0.05, 0) is 29.3 Å². The minimum atomic E-state index is -0.453. The summed E-state index contributed by atoms with van der Waals surface area (Å²) in [5.74, 6) is -0.234. The number of rotatable bonds is 4. The number of hydrogen-bond donors (Lipinski definition) is 1. The first kappa shape index (κ1) is 19.3. The summed E-state index contributed by atoms with van der Waals surface area (Å²) in [6.07, 6.45) is 0.866. The highest BCUT2D eigenvalue weighted by Gasteiger charge is 2.31. The first-order valence-corrected chi connectivity index (χ1v) is 9.68. The fraction of sp³-hybridized carbons (Fsp3) is 0.286. The van der Waals surface area contributed by atoms with Crippen LogP contribution in [0.1, 0.15) is 27.9 Å². The van der Waals surface area contributed by atoms with E-state index in [1.54, 1.807) is 36.4 Å². The lowest BCUT2D eigenvalue weighted by molar-refractivity contribution is -0.133. The Labute approximate surface area is 172 Å². The number of ether oxygens (including phenoxy) is 2. The standard InChI is InChI=1S/C21H19ClN2O5/c22-16-8-13(9-17-20(16)29-7-3-6-28-17)11-23-18(25)12-24-19(26)10-14-4-1-2-5-15(14)21(24)27/h1-2,4-5,8-9H,3,6-7,10-12H2,(H,23,25). The number of nitrogens with one attached hydrogen (secondary N) is 1. The van der Waals surface area contributed by atoms with Crippen molar-refractivity contribution >= 4 is 29.3 Å². The van der Waals surface area contributed by atoms with E-state index in [1.165, 1.54) is 0 Å². The molecule has 0 atom stereocenters. The summed E-state index contributed by atoms with van der Waals surface area (Å²) in [5.41, 5.74) is 1.87. The van der Waals surface area contributed by atoms with E-state index in [4.69, 9.17) is 21.1 Å². The second-order valence-electron chi connectivity index (χ2n) is 6.85. The van der Waals surface area contributed by atoms with E-state index in [1.807, 2.05) is 0 Å². The molecule has 0 spiro atoms. The lowest BCUT2D eigenvalue weighted by Crippen LogP contribution is -2.47. The normalized spacial score (nSPS) is 15.6. The van der Waals surface area contributed by atoms with Gasteiger partial charge in [0.25, 0.3) is 5.91 Å². The van der Waals surface area contributed by atoms with Gasteiger partial charge in [-0.3, -0.25) is 19.3 Å². The average Bonchev–Trinajstić information content (AvgIpc) is 2.95. The van der Waals surface area contributed by atoms with Gasteiger partial charge in [0.15, 0.2) is 11.5 Å². The Morgan fingerprint density at radius 3 is 2.79 bits per heavy atom. The maximum absolute atomic E-state index is 12.6. The summed E-state index contributed by atoms with van der Waals surface area (Å²) >= 11 is 6.26. The number of hydrogen-bond acceptors (Lipinski definition) is 5. The highest BCUT2D eigenvalue weighted by molar-refractivity contribution is 6.32. The molecule has 29 heavy (non-hydrogen) atoms. The third kappa shape index (κ3) is 4.05. The molecule has 3 amide bonds. The monoisotopic (exact) mass is 414 g/mol. The van der Waals surface area contributed by atoms with Crippen LogP contribution in [-0.2, 0) is 22.6 Å². The number of halogens is 1. The molecule has 1 N–H and O–H groups in total. The zero-order valence-corrected chi connectivity index (χ0v) is 16.3. The molecule has 0 fully saturated rings. The minimum Gasteiger partial charge on any atom is -0.489 e. The molecule has 0 saturated carbocycles. The lowest BCUT2D eigenvalue weighted by Gasteiger charge is -2.26. The van der Waals surface area contributed by atoms with E-state index in [9.17, 15) is 14.4 Å². The third-order valence-corrected chi connectivity index (χ3v) is 5.07. The molecule has 0 radical (unpaired) electrons. The first-order valence-electron chi connectivity index (χ1n) is 9.30. The number of fused-ring (bicyclic) bond motifs is 2. The van der Waals surface area contributed by atoms with Gasteiger partial charge in [0.2, 0.25) is 11.8 Å². The summed E-state index contributed by atoms with van der Waals surface area (Å²) in [5, 5.41) is 3.13. The number of amides is 3. The van der Waals surface area contributed by atoms with Gasteiger partial charge in [-0.2, -0.15) is 0 Å². The van der Waals surface area contributed by atoms with Crippen molar-refractivity contribution < 1.29 is 23.9 Å². The quantitative estimate of drug-likeness (QED) is 0.776. The van der Waals surface area contributed by atoms with Gasteiger partial charge >= 0.3 is 0 Å². The summed E-state index contributed by atoms with van der Waals surface area (Å²) in [6, 6.07) is 10.4. The van der Waals surface area contributed by atoms with E-state index < -0.39 is 11.8 Å². The minimum absolute atomic E-state index is 0.104. The first-order chi connectivity index (χ1) is 14.0. The molecule has 0 saturated heterocycles. The average molecular weight is 415 g/mol. The second kappa shape index (κ2) is 8.13. The molecule has 0 aliphatic carbocycles. The molecule has 2 aliphatic rings. The Morgan fingerprint density at radius 2 is 1.93 bits per heavy atom. The topological polar surface area (TPSA) is 84.9 Å². The van der Waals surface area contributed by atoms with Gasteiger partial charge in [-0.1, -0.05) is 29.8 Å². The molecule has 0 unspecified atom stereocenters. The van der Waals surface area contributed by atoms with Gasteiger partial charge in [0, 0.05) is 18.5 Å². The second-order valence-corrected chi connectivity index (χ2v) is 7.26. The van der Waals surface area contributed by atoms with Crippen LogP contribution in [0.25, 0.3) is 0 Å². The molecular formula is C21H19ClN2O5. The van der Waals surface area contributed by atoms with E-state index in [0.717, 1.165) is 16.9 Å². The molecule has 8 heteroatoms. The SMILES string of the molecule is O=C(CN1C(=O)Cc2ccccc2C1=O)NCc1cc(Cl)c2c(c1)OCCCO2. The summed E-state index contributed by atoms with van der Waals surface area (Å²) in [7, 11) is 0. The van der Waals surface area contributed by atoms with Crippen molar-refractivity contribution in [3.8, 4) is 11.5 Å². The lowest BCUT2D eigenvalue weighted by atomic mass is 9.98. The highest BCUT2D eigenvalue weighted by atomic mass is 35.5. The van der Waals surface area contributed by atoms with Crippen molar-refractivity contribution in [1.82, 2.24) is 10.2 Å². The van der Waals surface area contributed by atoms with Crippen molar-refractivity contribution in [3.05, 3.63) is 58.1 Å². The van der Waals surface area contributed by atoms with Gasteiger partial charge in [0.1, 0.15) is 6.54 Å². The predicted molar refractivity (Wildman–Crippen MR) is 105 cm³/mol. The Kier molecular flexibility index (Phi) is 5.40. The van der Waals surface area contributed by atoms with Gasteiger partial charge in [-0.25, -0.2) is 0 Å². The van der Waals surface area contributed by atoms with Crippen LogP contribution in [0.3, 0.4) is 0 Å². The third-order valence-electron chi connectivity index (χ3n) is 4.79. The van der Waals surface area contributed by atoms with E-state index in [0.29, 0.717) is 40.9 Å². The van der Waals surface area contributed by atoms with Gasteiger partial charge < -0.3 is 14.8 Å². The summed E-state index contributed by atoms with van der Waals surface area (Å²) in [6.45, 7) is 0.913. The molecule has 2 aliphatic heterocycles. The molecule has 2 aromatic carbocycles. The Morgan fingerprint density at radius 1 is 1.14 bits per heavy atom. The molecule has 4 rings (SSSR count). The van der Waals surface area contributed by atoms with Crippen LogP contribution in [0.5, 0.6) is 11.5 Å². The van der Waals surface area contributed by atoms with Crippen LogP contribution >= 0.6 is 11.6 Å². The Balaban J connectivity index is 1.41. The molecule has 0 bridgehead atoms. The largest absolute Gasteiger partial charge is 0.489 e. The zero-order valence-electron chi connectivity index (χ0n) is 15.6. The van der Waals surface area contributed by atoms with Crippen LogP contribution in [0.2, 0.25) is 5.02 Å². The van der Waals surface area contributed by atoms with Crippen LogP contribution < -0.4 is 14.8 Å². The van der Waals surface area contributed by atoms with Crippen molar-refractivity contribution in [3.63, 3.8) is 0 Å². The number of imide groups is 1. The van der Waals surface area contributed by atoms with Crippen LogP contribution in [-0.4, -0.2) is 42.4 Å². The van der Waals surface area contributed by atoms with Crippen molar-refractivity contribution in [2.24, 2.45) is 0 Å². The number of benzene rings is 2. The predicted octanol–water partition coefficient (Wildman–Crippen LogP) is 2.34. The fourth-order valence-electron chi connectivity index (χ4n) is 3.35. The smallest absolute Gasteiger partial charge is 0.261 e. The zero-order chi connectivity index (χ0) is 20.4. The number of nitrogens with zero attached hydrogens (tertiary/aromatic N) is 1. The molecule has 2 aromatic rings.